The summed E-state index contributed by atoms with van der Waals surface area (Å²) in [6, 6.07) is 5.19. The smallest absolute Gasteiger partial charge is 0.216 e. The minimum absolute atomic E-state index is 0.347. The van der Waals surface area contributed by atoms with E-state index in [1.807, 2.05) is 6.07 Å². The summed E-state index contributed by atoms with van der Waals surface area (Å²) in [6.07, 6.45) is 2.54. The summed E-state index contributed by atoms with van der Waals surface area (Å²) in [5.74, 6) is 0.829. The Bertz CT molecular complexity index is 533. The lowest BCUT2D eigenvalue weighted by atomic mass is 10.1. The number of rotatable bonds is 4. The zero-order chi connectivity index (χ0) is 13.0. The van der Waals surface area contributed by atoms with Crippen molar-refractivity contribution in [2.75, 3.05) is 12.8 Å². The Labute approximate surface area is 104 Å². The Morgan fingerprint density at radius 2 is 2.22 bits per heavy atom. The van der Waals surface area contributed by atoms with E-state index in [1.165, 1.54) is 13.4 Å². The number of pyridine rings is 1. The van der Waals surface area contributed by atoms with Crippen molar-refractivity contribution >= 4 is 5.82 Å². The van der Waals surface area contributed by atoms with E-state index in [0.717, 1.165) is 5.56 Å². The first-order valence-corrected chi connectivity index (χ1v) is 5.44. The maximum Gasteiger partial charge on any atom is 0.216 e. The van der Waals surface area contributed by atoms with Gasteiger partial charge in [0.1, 0.15) is 18.2 Å². The molecule has 0 saturated carbocycles. The molecule has 2 rings (SSSR count). The lowest BCUT2D eigenvalue weighted by Gasteiger charge is -2.11. The predicted octanol–water partition coefficient (Wildman–Crippen LogP) is 0.738. The van der Waals surface area contributed by atoms with Gasteiger partial charge in [0, 0.05) is 18.7 Å². The van der Waals surface area contributed by atoms with Crippen molar-refractivity contribution in [2.45, 2.75) is 12.5 Å². The Hall–Kier alpha value is -2.21. The third-order valence-electron chi connectivity index (χ3n) is 2.55. The molecule has 0 fully saturated rings. The maximum atomic E-state index is 10.1. The number of hydrogen-bond acceptors (Lipinski definition) is 6. The summed E-state index contributed by atoms with van der Waals surface area (Å²) in [5.41, 5.74) is 6.99. The molecule has 0 saturated heterocycles. The molecule has 0 aliphatic carbocycles. The highest BCUT2D eigenvalue weighted by Crippen LogP contribution is 2.20. The number of nitrogen functional groups attached to an aromatic ring is 1. The van der Waals surface area contributed by atoms with Crippen LogP contribution in [0.2, 0.25) is 0 Å². The van der Waals surface area contributed by atoms with Gasteiger partial charge in [0.15, 0.2) is 0 Å². The van der Waals surface area contributed by atoms with Crippen LogP contribution >= 0.6 is 0 Å². The van der Waals surface area contributed by atoms with Crippen LogP contribution in [0.25, 0.3) is 0 Å². The van der Waals surface area contributed by atoms with Gasteiger partial charge in [-0.1, -0.05) is 6.07 Å². The average Bonchev–Trinajstić information content (AvgIpc) is 2.41. The molecule has 6 heteroatoms. The topological polar surface area (TPSA) is 94.2 Å². The monoisotopic (exact) mass is 246 g/mol. The fourth-order valence-corrected chi connectivity index (χ4v) is 1.58. The first-order chi connectivity index (χ1) is 8.70. The Balaban J connectivity index is 2.16. The Morgan fingerprint density at radius 1 is 1.39 bits per heavy atom. The summed E-state index contributed by atoms with van der Waals surface area (Å²) in [4.78, 5) is 11.9. The Morgan fingerprint density at radius 3 is 2.94 bits per heavy atom. The molecule has 1 unspecified atom stereocenters. The van der Waals surface area contributed by atoms with Crippen LogP contribution in [0.15, 0.2) is 30.7 Å². The van der Waals surface area contributed by atoms with E-state index in [9.17, 15) is 5.11 Å². The fraction of sp³-hybridized carbons (Fsp3) is 0.250. The number of aliphatic hydroxyl groups is 1. The van der Waals surface area contributed by atoms with E-state index in [-0.39, 0.29) is 0 Å². The van der Waals surface area contributed by atoms with Gasteiger partial charge in [0.05, 0.1) is 12.8 Å². The highest BCUT2D eigenvalue weighted by Gasteiger charge is 2.13. The summed E-state index contributed by atoms with van der Waals surface area (Å²) >= 11 is 0. The van der Waals surface area contributed by atoms with Crippen LogP contribution in [-0.2, 0) is 6.42 Å². The van der Waals surface area contributed by atoms with Crippen molar-refractivity contribution < 1.29 is 9.84 Å². The van der Waals surface area contributed by atoms with Gasteiger partial charge >= 0.3 is 0 Å². The van der Waals surface area contributed by atoms with Crippen LogP contribution in [-0.4, -0.2) is 27.2 Å². The summed E-state index contributed by atoms with van der Waals surface area (Å²) in [5, 5.41) is 10.1. The van der Waals surface area contributed by atoms with Gasteiger partial charge in [0.25, 0.3) is 0 Å². The highest BCUT2D eigenvalue weighted by molar-refractivity contribution is 5.39. The molecule has 0 aromatic carbocycles. The normalized spacial score (nSPS) is 12.1. The van der Waals surface area contributed by atoms with E-state index in [4.69, 9.17) is 10.5 Å². The van der Waals surface area contributed by atoms with Crippen molar-refractivity contribution in [1.29, 1.82) is 0 Å². The van der Waals surface area contributed by atoms with Gasteiger partial charge in [-0.3, -0.25) is 0 Å². The molecular weight excluding hydrogens is 232 g/mol. The quantitative estimate of drug-likeness (QED) is 0.826. The van der Waals surface area contributed by atoms with Gasteiger partial charge in [-0.15, -0.1) is 0 Å². The molecule has 2 aromatic rings. The SMILES string of the molecule is COc1cc(C(O)Cc2cccnc2N)ncn1. The molecule has 0 spiro atoms. The fourth-order valence-electron chi connectivity index (χ4n) is 1.58. The molecule has 0 aliphatic rings. The molecule has 0 aliphatic heterocycles. The number of nitrogens with zero attached hydrogens (tertiary/aromatic N) is 3. The second-order valence-corrected chi connectivity index (χ2v) is 3.75. The van der Waals surface area contributed by atoms with Crippen LogP contribution in [0.1, 0.15) is 17.4 Å². The zero-order valence-electron chi connectivity index (χ0n) is 9.95. The lowest BCUT2D eigenvalue weighted by molar-refractivity contribution is 0.173. The second-order valence-electron chi connectivity index (χ2n) is 3.75. The average molecular weight is 246 g/mol. The molecule has 0 bridgehead atoms. The van der Waals surface area contributed by atoms with E-state index in [1.54, 1.807) is 18.3 Å². The number of anilines is 1. The zero-order valence-corrected chi connectivity index (χ0v) is 9.95. The Kier molecular flexibility index (Phi) is 3.69. The van der Waals surface area contributed by atoms with Crippen molar-refractivity contribution in [2.24, 2.45) is 0 Å². The lowest BCUT2D eigenvalue weighted by Crippen LogP contribution is -2.07. The number of hydrogen-bond donors (Lipinski definition) is 2. The number of aliphatic hydroxyl groups excluding tert-OH is 1. The molecule has 2 aromatic heterocycles. The van der Waals surface area contributed by atoms with E-state index in [2.05, 4.69) is 15.0 Å². The first kappa shape index (κ1) is 12.3. The molecule has 0 radical (unpaired) electrons. The van der Waals surface area contributed by atoms with Crippen LogP contribution in [0.5, 0.6) is 5.88 Å². The molecule has 0 amide bonds. The number of ether oxygens (including phenoxy) is 1. The van der Waals surface area contributed by atoms with Crippen molar-refractivity contribution in [3.63, 3.8) is 0 Å². The molecule has 3 N–H and O–H groups in total. The van der Waals surface area contributed by atoms with Crippen molar-refractivity contribution in [3.05, 3.63) is 42.0 Å². The molecule has 1 atom stereocenters. The minimum atomic E-state index is -0.770. The number of aromatic nitrogens is 3. The summed E-state index contributed by atoms with van der Waals surface area (Å²) in [6.45, 7) is 0. The highest BCUT2D eigenvalue weighted by atomic mass is 16.5. The molecule has 2 heterocycles. The van der Waals surface area contributed by atoms with Gasteiger partial charge in [-0.2, -0.15) is 0 Å². The molecule has 6 nitrogen and oxygen atoms in total. The van der Waals surface area contributed by atoms with Gasteiger partial charge in [-0.25, -0.2) is 15.0 Å². The van der Waals surface area contributed by atoms with E-state index < -0.39 is 6.10 Å². The van der Waals surface area contributed by atoms with Crippen molar-refractivity contribution in [3.8, 4) is 5.88 Å². The summed E-state index contributed by atoms with van der Waals surface area (Å²) in [7, 11) is 1.51. The third kappa shape index (κ3) is 2.72. The minimum Gasteiger partial charge on any atom is -0.481 e. The van der Waals surface area contributed by atoms with Crippen molar-refractivity contribution in [1.82, 2.24) is 15.0 Å². The maximum absolute atomic E-state index is 10.1. The van der Waals surface area contributed by atoms with Gasteiger partial charge < -0.3 is 15.6 Å². The third-order valence-corrected chi connectivity index (χ3v) is 2.55. The number of methoxy groups -OCH3 is 1. The molecular formula is C12H14N4O2. The largest absolute Gasteiger partial charge is 0.481 e. The van der Waals surface area contributed by atoms with Gasteiger partial charge in [0.2, 0.25) is 5.88 Å². The standard InChI is InChI=1S/C12H14N4O2/c1-18-11-6-9(15-7-16-11)10(17)5-8-3-2-4-14-12(8)13/h2-4,6-7,10,17H,5H2,1H3,(H2,13,14). The van der Waals surface area contributed by atoms with Crippen LogP contribution < -0.4 is 10.5 Å². The van der Waals surface area contributed by atoms with E-state index >= 15 is 0 Å². The second kappa shape index (κ2) is 5.42. The van der Waals surface area contributed by atoms with Crippen LogP contribution in [0.3, 0.4) is 0 Å². The van der Waals surface area contributed by atoms with Gasteiger partial charge in [-0.05, 0) is 11.6 Å². The van der Waals surface area contributed by atoms with E-state index in [0.29, 0.717) is 23.8 Å². The number of nitrogens with two attached hydrogens (primary N) is 1. The first-order valence-electron chi connectivity index (χ1n) is 5.44. The summed E-state index contributed by atoms with van der Waals surface area (Å²) < 4.78 is 4.98. The molecule has 94 valence electrons. The molecule has 18 heavy (non-hydrogen) atoms. The predicted molar refractivity (Wildman–Crippen MR) is 65.9 cm³/mol. The van der Waals surface area contributed by atoms with Crippen LogP contribution in [0, 0.1) is 0 Å². The van der Waals surface area contributed by atoms with Crippen LogP contribution in [0.4, 0.5) is 5.82 Å².